The first-order valence-electron chi connectivity index (χ1n) is 6.26. The molecule has 0 heterocycles. The van der Waals surface area contributed by atoms with Gasteiger partial charge in [-0.15, -0.1) is 0 Å². The third-order valence-corrected chi connectivity index (χ3v) is 5.19. The Bertz CT molecular complexity index is 556. The van der Waals surface area contributed by atoms with Crippen LogP contribution in [0.3, 0.4) is 0 Å². The van der Waals surface area contributed by atoms with E-state index in [1.807, 2.05) is 13.8 Å². The first-order valence-corrected chi connectivity index (χ1v) is 8.53. The molecule has 2 unspecified atom stereocenters. The highest BCUT2D eigenvalue weighted by Gasteiger charge is 2.25. The molecule has 1 aromatic carbocycles. The first kappa shape index (κ1) is 17.1. The molecule has 1 aromatic rings. The van der Waals surface area contributed by atoms with Crippen LogP contribution < -0.4 is 4.72 Å². The summed E-state index contributed by atoms with van der Waals surface area (Å²) in [7, 11) is -3.71. The van der Waals surface area contributed by atoms with Gasteiger partial charge in [-0.25, -0.2) is 13.1 Å². The van der Waals surface area contributed by atoms with E-state index in [1.54, 1.807) is 12.1 Å². The highest BCUT2D eigenvalue weighted by Crippen LogP contribution is 2.18. The summed E-state index contributed by atoms with van der Waals surface area (Å²) < 4.78 is 27.7. The van der Waals surface area contributed by atoms with Crippen molar-refractivity contribution in [3.8, 4) is 0 Å². The number of halogens is 1. The van der Waals surface area contributed by atoms with Crippen molar-refractivity contribution in [3.05, 3.63) is 28.7 Å². The Labute approximate surface area is 127 Å². The number of sulfonamides is 1. The fraction of sp³-hybridized carbons (Fsp3) is 0.462. The van der Waals surface area contributed by atoms with Crippen molar-refractivity contribution < 1.29 is 18.3 Å². The summed E-state index contributed by atoms with van der Waals surface area (Å²) in [6, 6.07) is 5.58. The van der Waals surface area contributed by atoms with Gasteiger partial charge in [0, 0.05) is 10.5 Å². The van der Waals surface area contributed by atoms with Gasteiger partial charge < -0.3 is 5.11 Å². The Morgan fingerprint density at radius 1 is 1.35 bits per heavy atom. The minimum absolute atomic E-state index is 0.0590. The molecule has 5 nitrogen and oxygen atoms in total. The summed E-state index contributed by atoms with van der Waals surface area (Å²) in [5, 5.41) is 8.89. The summed E-state index contributed by atoms with van der Waals surface area (Å²) in [5.74, 6) is -1.08. The van der Waals surface area contributed by atoms with Crippen LogP contribution in [0.4, 0.5) is 0 Å². The standard InChI is InChI=1S/C13H18BrNO4S/c1-3-9(2)12(8-13(16)17)15-20(18,19)11-6-4-10(14)5-7-11/h4-7,9,12,15H,3,8H2,1-2H3,(H,16,17). The van der Waals surface area contributed by atoms with Crippen LogP contribution in [0.5, 0.6) is 0 Å². The maximum absolute atomic E-state index is 12.2. The van der Waals surface area contributed by atoms with Crippen LogP contribution in [0.25, 0.3) is 0 Å². The van der Waals surface area contributed by atoms with Gasteiger partial charge in [-0.2, -0.15) is 0 Å². The van der Waals surface area contributed by atoms with Crippen molar-refractivity contribution in [2.45, 2.75) is 37.6 Å². The second-order valence-corrected chi connectivity index (χ2v) is 7.29. The van der Waals surface area contributed by atoms with Crippen LogP contribution in [-0.2, 0) is 14.8 Å². The predicted octanol–water partition coefficient (Wildman–Crippen LogP) is 2.62. The molecule has 0 radical (unpaired) electrons. The molecular formula is C13H18BrNO4S. The van der Waals surface area contributed by atoms with E-state index in [0.29, 0.717) is 6.42 Å². The van der Waals surface area contributed by atoms with Gasteiger partial charge in [0.1, 0.15) is 0 Å². The fourth-order valence-corrected chi connectivity index (χ4v) is 3.32. The lowest BCUT2D eigenvalue weighted by atomic mass is 9.97. The SMILES string of the molecule is CCC(C)C(CC(=O)O)NS(=O)(=O)c1ccc(Br)cc1. The summed E-state index contributed by atoms with van der Waals surface area (Å²) in [5.41, 5.74) is 0. The van der Waals surface area contributed by atoms with Gasteiger partial charge in [0.15, 0.2) is 0 Å². The second-order valence-electron chi connectivity index (χ2n) is 4.67. The zero-order valence-corrected chi connectivity index (χ0v) is 13.7. The molecule has 0 bridgehead atoms. The minimum atomic E-state index is -3.71. The fourth-order valence-electron chi connectivity index (χ4n) is 1.71. The van der Waals surface area contributed by atoms with Crippen molar-refractivity contribution >= 4 is 31.9 Å². The van der Waals surface area contributed by atoms with E-state index in [-0.39, 0.29) is 17.2 Å². The molecule has 7 heteroatoms. The third kappa shape index (κ3) is 4.88. The van der Waals surface area contributed by atoms with Gasteiger partial charge in [0.2, 0.25) is 10.0 Å². The van der Waals surface area contributed by atoms with Crippen molar-refractivity contribution in [2.24, 2.45) is 5.92 Å². The number of benzene rings is 1. The molecule has 2 atom stereocenters. The summed E-state index contributed by atoms with van der Waals surface area (Å²) in [6.07, 6.45) is 0.464. The smallest absolute Gasteiger partial charge is 0.304 e. The molecule has 0 fully saturated rings. The lowest BCUT2D eigenvalue weighted by Gasteiger charge is -2.22. The van der Waals surface area contributed by atoms with Gasteiger partial charge in [0.05, 0.1) is 11.3 Å². The van der Waals surface area contributed by atoms with Crippen LogP contribution >= 0.6 is 15.9 Å². The van der Waals surface area contributed by atoms with Crippen LogP contribution in [-0.4, -0.2) is 25.5 Å². The first-order chi connectivity index (χ1) is 9.26. The Hall–Kier alpha value is -0.920. The number of hydrogen-bond acceptors (Lipinski definition) is 3. The maximum atomic E-state index is 12.2. The number of aliphatic carboxylic acids is 1. The molecule has 0 aliphatic heterocycles. The van der Waals surface area contributed by atoms with E-state index >= 15 is 0 Å². The molecule has 0 amide bonds. The normalized spacial score (nSPS) is 14.8. The largest absolute Gasteiger partial charge is 0.481 e. The molecule has 1 rings (SSSR count). The Morgan fingerprint density at radius 2 is 1.90 bits per heavy atom. The average Bonchev–Trinajstić information content (AvgIpc) is 2.36. The zero-order valence-electron chi connectivity index (χ0n) is 11.3. The van der Waals surface area contributed by atoms with Gasteiger partial charge in [-0.05, 0) is 30.2 Å². The average molecular weight is 364 g/mol. The van der Waals surface area contributed by atoms with Crippen molar-refractivity contribution in [1.82, 2.24) is 4.72 Å². The summed E-state index contributed by atoms with van der Waals surface area (Å²) in [6.45, 7) is 3.73. The highest BCUT2D eigenvalue weighted by atomic mass is 79.9. The zero-order chi connectivity index (χ0) is 15.3. The number of rotatable bonds is 7. The van der Waals surface area contributed by atoms with Crippen LogP contribution in [0.15, 0.2) is 33.6 Å². The lowest BCUT2D eigenvalue weighted by molar-refractivity contribution is -0.137. The van der Waals surface area contributed by atoms with E-state index in [0.717, 1.165) is 4.47 Å². The minimum Gasteiger partial charge on any atom is -0.481 e. The molecule has 112 valence electrons. The molecule has 0 aliphatic rings. The molecule has 20 heavy (non-hydrogen) atoms. The summed E-state index contributed by atoms with van der Waals surface area (Å²) in [4.78, 5) is 11.0. The highest BCUT2D eigenvalue weighted by molar-refractivity contribution is 9.10. The van der Waals surface area contributed by atoms with E-state index < -0.39 is 22.0 Å². The molecule has 0 spiro atoms. The number of carboxylic acids is 1. The predicted molar refractivity (Wildman–Crippen MR) is 80.0 cm³/mol. The molecule has 0 aliphatic carbocycles. The Kier molecular flexibility index (Phi) is 6.16. The Morgan fingerprint density at radius 3 is 2.35 bits per heavy atom. The van der Waals surface area contributed by atoms with Crippen LogP contribution in [0.1, 0.15) is 26.7 Å². The number of carbonyl (C=O) groups is 1. The van der Waals surface area contributed by atoms with E-state index in [9.17, 15) is 13.2 Å². The van der Waals surface area contributed by atoms with Gasteiger partial charge in [-0.3, -0.25) is 4.79 Å². The molecule has 0 aromatic heterocycles. The quantitative estimate of drug-likeness (QED) is 0.779. The van der Waals surface area contributed by atoms with Crippen LogP contribution in [0.2, 0.25) is 0 Å². The molecule has 0 saturated carbocycles. The van der Waals surface area contributed by atoms with Crippen molar-refractivity contribution in [1.29, 1.82) is 0 Å². The van der Waals surface area contributed by atoms with E-state index in [4.69, 9.17) is 5.11 Å². The topological polar surface area (TPSA) is 83.5 Å². The van der Waals surface area contributed by atoms with Gasteiger partial charge in [-0.1, -0.05) is 36.2 Å². The lowest BCUT2D eigenvalue weighted by Crippen LogP contribution is -2.40. The van der Waals surface area contributed by atoms with Gasteiger partial charge >= 0.3 is 5.97 Å². The molecule has 0 saturated heterocycles. The monoisotopic (exact) mass is 363 g/mol. The van der Waals surface area contributed by atoms with E-state index in [1.165, 1.54) is 12.1 Å². The third-order valence-electron chi connectivity index (χ3n) is 3.16. The van der Waals surface area contributed by atoms with Crippen molar-refractivity contribution in [2.75, 3.05) is 0 Å². The maximum Gasteiger partial charge on any atom is 0.304 e. The van der Waals surface area contributed by atoms with Crippen LogP contribution in [0, 0.1) is 5.92 Å². The molecule has 2 N–H and O–H groups in total. The van der Waals surface area contributed by atoms with Crippen molar-refractivity contribution in [3.63, 3.8) is 0 Å². The number of carboxylic acid groups (broad SMARTS) is 1. The summed E-state index contributed by atoms with van der Waals surface area (Å²) >= 11 is 3.24. The van der Waals surface area contributed by atoms with Gasteiger partial charge in [0.25, 0.3) is 0 Å². The second kappa shape index (κ2) is 7.19. The Balaban J connectivity index is 2.96. The number of nitrogens with one attached hydrogen (secondary N) is 1. The number of hydrogen-bond donors (Lipinski definition) is 2. The van der Waals surface area contributed by atoms with E-state index in [2.05, 4.69) is 20.7 Å². The molecular weight excluding hydrogens is 346 g/mol.